The maximum Gasteiger partial charge on any atom is 0.102 e. The average Bonchev–Trinajstić information content (AvgIpc) is 2.30. The van der Waals surface area contributed by atoms with Gasteiger partial charge in [0, 0.05) is 16.2 Å². The first kappa shape index (κ1) is 10.8. The molecule has 0 N–H and O–H groups in total. The summed E-state index contributed by atoms with van der Waals surface area (Å²) < 4.78 is 1.03. The molecule has 0 spiro atoms. The molecular weight excluding hydrogens is 264 g/mol. The molecule has 0 bridgehead atoms. The van der Waals surface area contributed by atoms with Gasteiger partial charge in [0.15, 0.2) is 0 Å². The summed E-state index contributed by atoms with van der Waals surface area (Å²) >= 11 is 3.39. The number of aromatic nitrogens is 1. The predicted molar refractivity (Wildman–Crippen MR) is 66.8 cm³/mol. The first-order valence-electron chi connectivity index (χ1n) is 4.84. The normalized spacial score (nSPS) is 9.81. The molecule has 0 unspecified atom stereocenters. The number of pyridine rings is 1. The minimum absolute atomic E-state index is 0.643. The van der Waals surface area contributed by atoms with Crippen molar-refractivity contribution in [3.63, 3.8) is 0 Å². The zero-order chi connectivity index (χ0) is 11.5. The largest absolute Gasteiger partial charge is 0.260 e. The number of rotatable bonds is 1. The van der Waals surface area contributed by atoms with E-state index >= 15 is 0 Å². The lowest BCUT2D eigenvalue weighted by molar-refractivity contribution is 1.18. The van der Waals surface area contributed by atoms with Gasteiger partial charge in [-0.25, -0.2) is 0 Å². The Morgan fingerprint density at radius 2 is 1.88 bits per heavy atom. The van der Waals surface area contributed by atoms with Crippen molar-refractivity contribution in [3.8, 4) is 17.2 Å². The van der Waals surface area contributed by atoms with Gasteiger partial charge < -0.3 is 0 Å². The molecule has 0 aliphatic carbocycles. The maximum absolute atomic E-state index is 9.12. The van der Waals surface area contributed by atoms with Gasteiger partial charge in [-0.05, 0) is 30.7 Å². The molecule has 0 radical (unpaired) electrons. The van der Waals surface area contributed by atoms with E-state index in [4.69, 9.17) is 5.26 Å². The Kier molecular flexibility index (Phi) is 3.02. The van der Waals surface area contributed by atoms with Gasteiger partial charge >= 0.3 is 0 Å². The van der Waals surface area contributed by atoms with E-state index in [-0.39, 0.29) is 0 Å². The molecule has 2 nitrogen and oxygen atoms in total. The number of hydrogen-bond acceptors (Lipinski definition) is 2. The van der Waals surface area contributed by atoms with E-state index in [1.165, 1.54) is 0 Å². The van der Waals surface area contributed by atoms with Gasteiger partial charge in [-0.2, -0.15) is 5.26 Å². The lowest BCUT2D eigenvalue weighted by atomic mass is 10.0. The Hall–Kier alpha value is -1.66. The van der Waals surface area contributed by atoms with Gasteiger partial charge in [-0.15, -0.1) is 0 Å². The van der Waals surface area contributed by atoms with Gasteiger partial charge in [0.05, 0.1) is 11.3 Å². The van der Waals surface area contributed by atoms with Crippen LogP contribution in [0.4, 0.5) is 0 Å². The van der Waals surface area contributed by atoms with Gasteiger partial charge in [-0.3, -0.25) is 4.98 Å². The Balaban J connectivity index is 2.61. The highest BCUT2D eigenvalue weighted by atomic mass is 79.9. The van der Waals surface area contributed by atoms with Crippen LogP contribution >= 0.6 is 15.9 Å². The Morgan fingerprint density at radius 1 is 1.19 bits per heavy atom. The summed E-state index contributed by atoms with van der Waals surface area (Å²) in [5.74, 6) is 0. The number of hydrogen-bond donors (Lipinski definition) is 0. The molecule has 0 atom stereocenters. The summed E-state index contributed by atoms with van der Waals surface area (Å²) in [6.45, 7) is 1.85. The second-order valence-corrected chi connectivity index (χ2v) is 4.35. The second kappa shape index (κ2) is 4.46. The quantitative estimate of drug-likeness (QED) is 0.794. The summed E-state index contributed by atoms with van der Waals surface area (Å²) in [5.41, 5.74) is 3.38. The van der Waals surface area contributed by atoms with Crippen LogP contribution in [0.1, 0.15) is 11.3 Å². The van der Waals surface area contributed by atoms with E-state index < -0.39 is 0 Å². The molecule has 0 aliphatic rings. The lowest BCUT2D eigenvalue weighted by Gasteiger charge is -2.05. The molecule has 78 valence electrons. The molecule has 16 heavy (non-hydrogen) atoms. The van der Waals surface area contributed by atoms with Crippen LogP contribution in [0.2, 0.25) is 0 Å². The first-order chi connectivity index (χ1) is 7.72. The van der Waals surface area contributed by atoms with Crippen LogP contribution in [-0.2, 0) is 0 Å². The van der Waals surface area contributed by atoms with Crippen molar-refractivity contribution in [2.24, 2.45) is 0 Å². The first-order valence-corrected chi connectivity index (χ1v) is 5.63. The molecular formula is C13H9BrN2. The van der Waals surface area contributed by atoms with Crippen LogP contribution in [0.3, 0.4) is 0 Å². The minimum atomic E-state index is 0.643. The molecule has 2 aromatic rings. The maximum atomic E-state index is 9.12. The third kappa shape index (κ3) is 1.98. The summed E-state index contributed by atoms with van der Waals surface area (Å²) in [5, 5.41) is 9.12. The monoisotopic (exact) mass is 272 g/mol. The molecule has 0 fully saturated rings. The molecule has 1 aromatic heterocycles. The van der Waals surface area contributed by atoms with Crippen LogP contribution < -0.4 is 0 Å². The van der Waals surface area contributed by atoms with E-state index in [9.17, 15) is 0 Å². The Morgan fingerprint density at radius 3 is 2.50 bits per heavy atom. The summed E-state index contributed by atoms with van der Waals surface area (Å²) in [7, 11) is 0. The fourth-order valence-corrected chi connectivity index (χ4v) is 1.84. The third-order valence-electron chi connectivity index (χ3n) is 2.41. The number of nitriles is 1. The van der Waals surface area contributed by atoms with E-state index in [0.717, 1.165) is 21.3 Å². The summed E-state index contributed by atoms with van der Waals surface area (Å²) in [6, 6.07) is 12.0. The highest BCUT2D eigenvalue weighted by Gasteiger charge is 2.07. The number of halogens is 1. The van der Waals surface area contributed by atoms with Crippen molar-refractivity contribution in [1.29, 1.82) is 5.26 Å². The van der Waals surface area contributed by atoms with E-state index in [2.05, 4.69) is 27.0 Å². The average molecular weight is 273 g/mol. The van der Waals surface area contributed by atoms with Crippen molar-refractivity contribution in [2.45, 2.75) is 6.92 Å². The van der Waals surface area contributed by atoms with Crippen molar-refractivity contribution in [3.05, 3.63) is 52.3 Å². The smallest absolute Gasteiger partial charge is 0.102 e. The van der Waals surface area contributed by atoms with Crippen LogP contribution in [0, 0.1) is 18.3 Å². The van der Waals surface area contributed by atoms with Crippen LogP contribution in [0.15, 0.2) is 41.0 Å². The number of nitrogens with zero attached hydrogens (tertiary/aromatic N) is 2. The van der Waals surface area contributed by atoms with Gasteiger partial charge in [0.25, 0.3) is 0 Å². The standard InChI is InChI=1S/C13H9BrN2/c1-9-13(8-15)12(6-7-16-9)10-2-4-11(14)5-3-10/h2-7H,1H3. The van der Waals surface area contributed by atoms with E-state index in [1.807, 2.05) is 37.3 Å². The van der Waals surface area contributed by atoms with Crippen LogP contribution in [0.25, 0.3) is 11.1 Å². The molecule has 0 saturated heterocycles. The predicted octanol–water partition coefficient (Wildman–Crippen LogP) is 3.69. The van der Waals surface area contributed by atoms with Gasteiger partial charge in [-0.1, -0.05) is 28.1 Å². The van der Waals surface area contributed by atoms with Crippen LogP contribution in [-0.4, -0.2) is 4.98 Å². The third-order valence-corrected chi connectivity index (χ3v) is 2.94. The Bertz CT molecular complexity index is 553. The molecule has 1 aromatic carbocycles. The Labute approximate surface area is 103 Å². The topological polar surface area (TPSA) is 36.7 Å². The van der Waals surface area contributed by atoms with Crippen molar-refractivity contribution in [1.82, 2.24) is 4.98 Å². The number of benzene rings is 1. The number of aryl methyl sites for hydroxylation is 1. The highest BCUT2D eigenvalue weighted by molar-refractivity contribution is 9.10. The minimum Gasteiger partial charge on any atom is -0.260 e. The second-order valence-electron chi connectivity index (χ2n) is 3.44. The molecule has 3 heteroatoms. The van der Waals surface area contributed by atoms with E-state index in [1.54, 1.807) is 6.20 Å². The molecule has 1 heterocycles. The SMILES string of the molecule is Cc1nccc(-c2ccc(Br)cc2)c1C#N. The van der Waals surface area contributed by atoms with Crippen molar-refractivity contribution in [2.75, 3.05) is 0 Å². The van der Waals surface area contributed by atoms with E-state index in [0.29, 0.717) is 5.56 Å². The fourth-order valence-electron chi connectivity index (χ4n) is 1.58. The summed E-state index contributed by atoms with van der Waals surface area (Å²) in [6.07, 6.45) is 1.73. The summed E-state index contributed by atoms with van der Waals surface area (Å²) in [4.78, 5) is 4.12. The van der Waals surface area contributed by atoms with Gasteiger partial charge in [0.2, 0.25) is 0 Å². The van der Waals surface area contributed by atoms with Crippen LogP contribution in [0.5, 0.6) is 0 Å². The lowest BCUT2D eigenvalue weighted by Crippen LogP contribution is -1.91. The zero-order valence-corrected chi connectivity index (χ0v) is 10.3. The highest BCUT2D eigenvalue weighted by Crippen LogP contribution is 2.25. The molecule has 0 aliphatic heterocycles. The molecule has 2 rings (SSSR count). The molecule has 0 amide bonds. The van der Waals surface area contributed by atoms with Gasteiger partial charge in [0.1, 0.15) is 6.07 Å². The van der Waals surface area contributed by atoms with Crippen molar-refractivity contribution < 1.29 is 0 Å². The fraction of sp³-hybridized carbons (Fsp3) is 0.0769. The zero-order valence-electron chi connectivity index (χ0n) is 8.74. The molecule has 0 saturated carbocycles. The van der Waals surface area contributed by atoms with Crippen molar-refractivity contribution >= 4 is 15.9 Å².